The van der Waals surface area contributed by atoms with Crippen LogP contribution in [0.3, 0.4) is 0 Å². The van der Waals surface area contributed by atoms with Gasteiger partial charge in [0.15, 0.2) is 4.77 Å². The SMILES string of the molecule is CCCCn1c(O)c(C2=Nc3ccccc3S[C@H](c3cccc([N+](=O)[O-])c3)C2)c(=O)[nH]c1=S. The number of hydrogen-bond donors (Lipinski definition) is 2. The van der Waals surface area contributed by atoms with Crippen molar-refractivity contribution in [3.8, 4) is 5.88 Å². The van der Waals surface area contributed by atoms with Crippen LogP contribution in [0.4, 0.5) is 11.4 Å². The van der Waals surface area contributed by atoms with Gasteiger partial charge in [-0.3, -0.25) is 29.5 Å². The first-order valence-electron chi connectivity index (χ1n) is 10.5. The molecule has 1 aliphatic rings. The van der Waals surface area contributed by atoms with E-state index in [0.717, 1.165) is 23.3 Å². The molecule has 0 aliphatic carbocycles. The molecule has 0 saturated carbocycles. The normalized spacial score (nSPS) is 15.4. The third kappa shape index (κ3) is 4.76. The predicted octanol–water partition coefficient (Wildman–Crippen LogP) is 5.68. The highest BCUT2D eigenvalue weighted by Gasteiger charge is 2.27. The Hall–Kier alpha value is -3.24. The lowest BCUT2D eigenvalue weighted by Crippen LogP contribution is -2.24. The summed E-state index contributed by atoms with van der Waals surface area (Å²) in [5.41, 5.74) is 1.39. The number of unbranched alkanes of at least 4 members (excludes halogenated alkanes) is 1. The maximum atomic E-state index is 12.9. The molecule has 1 atom stereocenters. The van der Waals surface area contributed by atoms with E-state index < -0.39 is 10.5 Å². The van der Waals surface area contributed by atoms with E-state index in [0.29, 0.717) is 24.4 Å². The largest absolute Gasteiger partial charge is 0.494 e. The average molecular weight is 483 g/mol. The number of aliphatic imine (C=N–C) groups is 1. The minimum Gasteiger partial charge on any atom is -0.494 e. The van der Waals surface area contributed by atoms with Crippen molar-refractivity contribution < 1.29 is 10.0 Å². The van der Waals surface area contributed by atoms with Crippen molar-refractivity contribution in [1.82, 2.24) is 9.55 Å². The number of para-hydroxylation sites is 1. The Morgan fingerprint density at radius 2 is 2.09 bits per heavy atom. The first kappa shape index (κ1) is 22.9. The van der Waals surface area contributed by atoms with Crippen LogP contribution in [0.2, 0.25) is 0 Å². The Bertz CT molecular complexity index is 1360. The molecule has 0 amide bonds. The van der Waals surface area contributed by atoms with Gasteiger partial charge in [0.05, 0.1) is 16.3 Å². The van der Waals surface area contributed by atoms with Gasteiger partial charge in [-0.2, -0.15) is 0 Å². The van der Waals surface area contributed by atoms with Crippen LogP contribution in [0.15, 0.2) is 63.2 Å². The highest BCUT2D eigenvalue weighted by molar-refractivity contribution is 7.99. The molecule has 8 nitrogen and oxygen atoms in total. The van der Waals surface area contributed by atoms with E-state index in [2.05, 4.69) is 4.98 Å². The molecule has 0 spiro atoms. The molecule has 0 unspecified atom stereocenters. The van der Waals surface area contributed by atoms with Crippen molar-refractivity contribution in [1.29, 1.82) is 0 Å². The number of H-pyrrole nitrogens is 1. The molecule has 3 aromatic rings. The smallest absolute Gasteiger partial charge is 0.269 e. The summed E-state index contributed by atoms with van der Waals surface area (Å²) in [6.45, 7) is 2.50. The quantitative estimate of drug-likeness (QED) is 0.266. The molecular formula is C23H22N4O4S2. The molecule has 170 valence electrons. The zero-order valence-corrected chi connectivity index (χ0v) is 19.5. The molecule has 33 heavy (non-hydrogen) atoms. The molecule has 2 N–H and O–H groups in total. The lowest BCUT2D eigenvalue weighted by molar-refractivity contribution is -0.384. The van der Waals surface area contributed by atoms with Crippen LogP contribution in [0.25, 0.3) is 0 Å². The van der Waals surface area contributed by atoms with E-state index in [4.69, 9.17) is 17.2 Å². The minimum atomic E-state index is -0.508. The summed E-state index contributed by atoms with van der Waals surface area (Å²) in [5.74, 6) is -0.210. The van der Waals surface area contributed by atoms with Gasteiger partial charge in [-0.15, -0.1) is 11.8 Å². The van der Waals surface area contributed by atoms with Crippen LogP contribution in [0, 0.1) is 14.9 Å². The van der Waals surface area contributed by atoms with E-state index in [1.54, 1.807) is 12.1 Å². The number of hydrogen-bond acceptors (Lipinski definition) is 7. The zero-order valence-electron chi connectivity index (χ0n) is 17.9. The summed E-state index contributed by atoms with van der Waals surface area (Å²) in [6, 6.07) is 14.0. The standard InChI is InChI=1S/C23H22N4O4S2/c1-2-3-11-26-22(29)20(21(28)25-23(26)32)17-13-19(14-7-6-8-15(12-14)27(30)31)33-18-10-5-4-9-16(18)24-17/h4-10,12,19,29H,2-3,11,13H2,1H3,(H,25,28,32)/t19-/m0/s1. The number of nitrogens with zero attached hydrogens (tertiary/aromatic N) is 3. The maximum absolute atomic E-state index is 12.9. The summed E-state index contributed by atoms with van der Waals surface area (Å²) in [7, 11) is 0. The third-order valence-electron chi connectivity index (χ3n) is 5.42. The van der Waals surface area contributed by atoms with Crippen molar-refractivity contribution in [2.24, 2.45) is 4.99 Å². The van der Waals surface area contributed by atoms with Crippen molar-refractivity contribution in [2.75, 3.05) is 0 Å². The van der Waals surface area contributed by atoms with Gasteiger partial charge in [-0.25, -0.2) is 0 Å². The van der Waals surface area contributed by atoms with Crippen LogP contribution in [0.5, 0.6) is 5.88 Å². The molecule has 1 aromatic heterocycles. The molecular weight excluding hydrogens is 460 g/mol. The van der Waals surface area contributed by atoms with Gasteiger partial charge >= 0.3 is 0 Å². The molecule has 2 aromatic carbocycles. The van der Waals surface area contributed by atoms with Gasteiger partial charge in [0.1, 0.15) is 5.56 Å². The van der Waals surface area contributed by atoms with Crippen molar-refractivity contribution in [2.45, 2.75) is 42.9 Å². The van der Waals surface area contributed by atoms with Crippen molar-refractivity contribution >= 4 is 41.1 Å². The maximum Gasteiger partial charge on any atom is 0.269 e. The monoisotopic (exact) mass is 482 g/mol. The lowest BCUT2D eigenvalue weighted by atomic mass is 10.0. The third-order valence-corrected chi connectivity index (χ3v) is 7.06. The number of non-ortho nitro benzene ring substituents is 1. The molecule has 0 saturated heterocycles. The summed E-state index contributed by atoms with van der Waals surface area (Å²) < 4.78 is 1.68. The first-order valence-corrected chi connectivity index (χ1v) is 11.8. The highest BCUT2D eigenvalue weighted by atomic mass is 32.2. The summed E-state index contributed by atoms with van der Waals surface area (Å²) in [4.78, 5) is 32.1. The van der Waals surface area contributed by atoms with E-state index >= 15 is 0 Å². The Kier molecular flexibility index (Phi) is 6.75. The fraction of sp³-hybridized carbons (Fsp3) is 0.261. The van der Waals surface area contributed by atoms with Crippen LogP contribution < -0.4 is 5.56 Å². The first-order chi connectivity index (χ1) is 15.9. The van der Waals surface area contributed by atoms with Gasteiger partial charge < -0.3 is 5.11 Å². The predicted molar refractivity (Wildman–Crippen MR) is 131 cm³/mol. The van der Waals surface area contributed by atoms with Crippen LogP contribution in [-0.4, -0.2) is 25.3 Å². The molecule has 4 rings (SSSR count). The Morgan fingerprint density at radius 1 is 1.30 bits per heavy atom. The fourth-order valence-corrected chi connectivity index (χ4v) is 5.23. The van der Waals surface area contributed by atoms with E-state index in [-0.39, 0.29) is 27.2 Å². The number of aromatic hydroxyl groups is 1. The van der Waals surface area contributed by atoms with Crippen LogP contribution >= 0.6 is 24.0 Å². The topological polar surface area (TPSA) is 114 Å². The fourth-order valence-electron chi connectivity index (χ4n) is 3.74. The number of nitro groups is 1. The average Bonchev–Trinajstić information content (AvgIpc) is 2.98. The number of nitro benzene ring substituents is 1. The van der Waals surface area contributed by atoms with Crippen LogP contribution in [-0.2, 0) is 6.54 Å². The molecule has 0 fully saturated rings. The molecule has 0 radical (unpaired) electrons. The summed E-state index contributed by atoms with van der Waals surface area (Å²) >= 11 is 6.79. The molecule has 10 heteroatoms. The van der Waals surface area contributed by atoms with E-state index in [1.165, 1.54) is 22.4 Å². The second-order valence-electron chi connectivity index (χ2n) is 7.65. The Labute approximate surface area is 199 Å². The van der Waals surface area contributed by atoms with Crippen LogP contribution in [0.1, 0.15) is 42.6 Å². The number of nitrogens with one attached hydrogen (secondary N) is 1. The number of fused-ring (bicyclic) bond motifs is 1. The van der Waals surface area contributed by atoms with Gasteiger partial charge in [-0.1, -0.05) is 37.6 Å². The van der Waals surface area contributed by atoms with Gasteiger partial charge in [-0.05, 0) is 36.3 Å². The second kappa shape index (κ2) is 9.72. The van der Waals surface area contributed by atoms with Gasteiger partial charge in [0.25, 0.3) is 11.2 Å². The Morgan fingerprint density at radius 3 is 2.85 bits per heavy atom. The summed E-state index contributed by atoms with van der Waals surface area (Å²) in [6.07, 6.45) is 1.98. The van der Waals surface area contributed by atoms with Gasteiger partial charge in [0, 0.05) is 35.2 Å². The van der Waals surface area contributed by atoms with Crippen molar-refractivity contribution in [3.05, 3.63) is 84.9 Å². The number of aromatic nitrogens is 2. The Balaban J connectivity index is 1.87. The number of aromatic amines is 1. The number of thioether (sulfide) groups is 1. The van der Waals surface area contributed by atoms with E-state index in [1.807, 2.05) is 37.3 Å². The zero-order chi connectivity index (χ0) is 23.5. The lowest BCUT2D eigenvalue weighted by Gasteiger charge is -2.17. The minimum absolute atomic E-state index is 0.00215. The highest BCUT2D eigenvalue weighted by Crippen LogP contribution is 2.46. The molecule has 0 bridgehead atoms. The van der Waals surface area contributed by atoms with E-state index in [9.17, 15) is 20.0 Å². The number of benzene rings is 2. The van der Waals surface area contributed by atoms with Crippen molar-refractivity contribution in [3.63, 3.8) is 0 Å². The summed E-state index contributed by atoms with van der Waals surface area (Å²) in [5, 5.41) is 22.1. The molecule has 2 heterocycles. The molecule has 1 aliphatic heterocycles. The number of rotatable bonds is 6. The van der Waals surface area contributed by atoms with Gasteiger partial charge in [0.2, 0.25) is 5.88 Å². The second-order valence-corrected chi connectivity index (χ2v) is 9.28.